The van der Waals surface area contributed by atoms with Crippen LogP contribution in [0, 0.1) is 0 Å². The number of aromatic nitrogens is 4. The molecule has 49 heavy (non-hydrogen) atoms. The molecule has 0 aliphatic carbocycles. The molecule has 2 aliphatic heterocycles. The van der Waals surface area contributed by atoms with Gasteiger partial charge in [0.05, 0.1) is 37.0 Å². The second kappa shape index (κ2) is 12.5. The van der Waals surface area contributed by atoms with Crippen molar-refractivity contribution in [3.05, 3.63) is 144 Å². The molecule has 8 rings (SSSR count). The fraction of sp³-hybridized carbons (Fsp3) is 0.0465. The van der Waals surface area contributed by atoms with Crippen LogP contribution in [0.25, 0.3) is 85.8 Å². The number of ether oxygens (including phenoxy) is 2. The Balaban J connectivity index is 1.54. The van der Waals surface area contributed by atoms with Gasteiger partial charge >= 0.3 is 0 Å². The molecule has 0 amide bonds. The third kappa shape index (κ3) is 5.46. The third-order valence-corrected chi connectivity index (χ3v) is 8.86. The molecule has 0 radical (unpaired) electrons. The van der Waals surface area contributed by atoms with Gasteiger partial charge in [0.25, 0.3) is 0 Å². The zero-order valence-corrected chi connectivity index (χ0v) is 27.1. The predicted molar refractivity (Wildman–Crippen MR) is 202 cm³/mol. The van der Waals surface area contributed by atoms with E-state index in [1.165, 1.54) is 0 Å². The highest BCUT2D eigenvalue weighted by Gasteiger charge is 2.18. The summed E-state index contributed by atoms with van der Waals surface area (Å²) >= 11 is 0. The van der Waals surface area contributed by atoms with Gasteiger partial charge in [-0.15, -0.1) is 5.73 Å². The maximum absolute atomic E-state index is 5.48. The number of aromatic amines is 2. The summed E-state index contributed by atoms with van der Waals surface area (Å²) in [7, 11) is 3.35. The second-order valence-corrected chi connectivity index (χ2v) is 11.7. The van der Waals surface area contributed by atoms with Gasteiger partial charge < -0.3 is 19.4 Å². The molecule has 2 N–H and O–H groups in total. The molecule has 6 heteroatoms. The van der Waals surface area contributed by atoms with Crippen molar-refractivity contribution in [3.8, 4) is 44.9 Å². The predicted octanol–water partition coefficient (Wildman–Crippen LogP) is 10.5. The number of rotatable bonds is 6. The lowest BCUT2D eigenvalue weighted by atomic mass is 10.0. The van der Waals surface area contributed by atoms with Gasteiger partial charge in [-0.05, 0) is 95.6 Å². The Morgan fingerprint density at radius 1 is 0.510 bits per heavy atom. The minimum Gasteiger partial charge on any atom is -0.497 e. The van der Waals surface area contributed by atoms with Crippen LogP contribution in [0.4, 0.5) is 0 Å². The lowest BCUT2D eigenvalue weighted by molar-refractivity contribution is 0.415. The van der Waals surface area contributed by atoms with Crippen molar-refractivity contribution in [1.82, 2.24) is 19.9 Å². The minimum atomic E-state index is 0.791. The minimum absolute atomic E-state index is 0.791. The van der Waals surface area contributed by atoms with E-state index in [0.717, 1.165) is 95.3 Å². The maximum atomic E-state index is 5.48. The van der Waals surface area contributed by atoms with Crippen molar-refractivity contribution < 1.29 is 9.47 Å². The first-order chi connectivity index (χ1) is 24.1. The molecule has 0 saturated heterocycles. The zero-order valence-electron chi connectivity index (χ0n) is 27.1. The summed E-state index contributed by atoms with van der Waals surface area (Å²) < 4.78 is 11.0. The fourth-order valence-electron chi connectivity index (χ4n) is 6.51. The van der Waals surface area contributed by atoms with Crippen LogP contribution in [-0.4, -0.2) is 34.2 Å². The molecule has 5 heterocycles. The highest BCUT2D eigenvalue weighted by molar-refractivity contribution is 5.98. The van der Waals surface area contributed by atoms with Gasteiger partial charge in [-0.3, -0.25) is 0 Å². The quantitative estimate of drug-likeness (QED) is 0.178. The average molecular weight is 637 g/mol. The standard InChI is InChI=1S/C43H32N4O2/c1-4-8-32-33-19-21-35(44-33)42(28-11-15-30(48-2)16-12-28)39-25-23-37(46-39)41(27-9-6-5-7-10-27)38-24-26-40(47-38)43(36-22-20-34(32)45-36)29-13-17-31(49-3)18-14-29/h5-26,44,47H,1H2,2-3H3. The molecular formula is C43H32N4O2. The highest BCUT2D eigenvalue weighted by atomic mass is 16.5. The smallest absolute Gasteiger partial charge is 0.118 e. The van der Waals surface area contributed by atoms with E-state index < -0.39 is 0 Å². The first kappa shape index (κ1) is 29.8. The molecule has 0 saturated carbocycles. The summed E-state index contributed by atoms with van der Waals surface area (Å²) in [6.45, 7) is 3.90. The summed E-state index contributed by atoms with van der Waals surface area (Å²) in [6.07, 6.45) is 10.2. The van der Waals surface area contributed by atoms with Crippen molar-refractivity contribution >= 4 is 52.4 Å². The van der Waals surface area contributed by atoms with Gasteiger partial charge in [-0.2, -0.15) is 0 Å². The number of hydrogen-bond donors (Lipinski definition) is 2. The Morgan fingerprint density at radius 3 is 1.39 bits per heavy atom. The summed E-state index contributed by atoms with van der Waals surface area (Å²) in [5.41, 5.74) is 17.0. The van der Waals surface area contributed by atoms with Gasteiger partial charge in [0.2, 0.25) is 0 Å². The topological polar surface area (TPSA) is 75.8 Å². The van der Waals surface area contributed by atoms with E-state index in [1.54, 1.807) is 14.2 Å². The Kier molecular flexibility index (Phi) is 7.61. The van der Waals surface area contributed by atoms with Crippen molar-refractivity contribution in [2.45, 2.75) is 0 Å². The summed E-state index contributed by atoms with van der Waals surface area (Å²) in [5, 5.41) is 0. The van der Waals surface area contributed by atoms with E-state index in [2.05, 4.69) is 113 Å². The van der Waals surface area contributed by atoms with Crippen molar-refractivity contribution in [2.24, 2.45) is 0 Å². The Morgan fingerprint density at radius 2 is 0.918 bits per heavy atom. The SMILES string of the molecule is C=C=Cc1c2nc(c(-c3ccc(OC)cc3)c3ccc([nH]3)c(-c3ccccc3)c3nc(c(-c4ccc(OC)cc4)c4ccc1[nH]4)C=C3)C=C2. The molecule has 0 fully saturated rings. The summed E-state index contributed by atoms with van der Waals surface area (Å²) in [6, 6.07) is 35.0. The molecule has 0 unspecified atom stereocenters. The number of nitrogens with zero attached hydrogens (tertiary/aromatic N) is 2. The third-order valence-electron chi connectivity index (χ3n) is 8.86. The van der Waals surface area contributed by atoms with Gasteiger partial charge in [0, 0.05) is 44.3 Å². The van der Waals surface area contributed by atoms with Crippen molar-refractivity contribution in [3.63, 3.8) is 0 Å². The molecule has 3 aromatic carbocycles. The van der Waals surface area contributed by atoms with E-state index >= 15 is 0 Å². The molecule has 0 atom stereocenters. The van der Waals surface area contributed by atoms with E-state index in [1.807, 2.05) is 42.5 Å². The van der Waals surface area contributed by atoms with Crippen LogP contribution in [0.15, 0.2) is 115 Å². The van der Waals surface area contributed by atoms with Gasteiger partial charge in [0.1, 0.15) is 11.5 Å². The van der Waals surface area contributed by atoms with E-state index in [-0.39, 0.29) is 0 Å². The number of nitrogens with one attached hydrogen (secondary N) is 2. The monoisotopic (exact) mass is 636 g/mol. The largest absolute Gasteiger partial charge is 0.497 e. The van der Waals surface area contributed by atoms with Gasteiger partial charge in [0.15, 0.2) is 0 Å². The first-order valence-corrected chi connectivity index (χ1v) is 16.0. The van der Waals surface area contributed by atoms with Crippen molar-refractivity contribution in [1.29, 1.82) is 0 Å². The lowest BCUT2D eigenvalue weighted by Crippen LogP contribution is -1.90. The van der Waals surface area contributed by atoms with E-state index in [0.29, 0.717) is 0 Å². The van der Waals surface area contributed by atoms with E-state index in [4.69, 9.17) is 19.4 Å². The van der Waals surface area contributed by atoms with Crippen LogP contribution >= 0.6 is 0 Å². The van der Waals surface area contributed by atoms with E-state index in [9.17, 15) is 0 Å². The average Bonchev–Trinajstić information content (AvgIpc) is 3.98. The maximum Gasteiger partial charge on any atom is 0.118 e. The molecular weight excluding hydrogens is 604 g/mol. The van der Waals surface area contributed by atoms with Crippen molar-refractivity contribution in [2.75, 3.05) is 14.2 Å². The first-order valence-electron chi connectivity index (χ1n) is 16.0. The number of methoxy groups -OCH3 is 2. The number of fused-ring (bicyclic) bond motifs is 8. The normalized spacial score (nSPS) is 11.7. The van der Waals surface area contributed by atoms with Gasteiger partial charge in [-0.25, -0.2) is 9.97 Å². The summed E-state index contributed by atoms with van der Waals surface area (Å²) in [4.78, 5) is 18.0. The van der Waals surface area contributed by atoms with Crippen LogP contribution in [0.5, 0.6) is 11.5 Å². The highest BCUT2D eigenvalue weighted by Crippen LogP contribution is 2.37. The number of H-pyrrole nitrogens is 2. The molecule has 6 nitrogen and oxygen atoms in total. The van der Waals surface area contributed by atoms with Gasteiger partial charge in [-0.1, -0.05) is 61.2 Å². The Hall–Kier alpha value is -6.62. The molecule has 2 aliphatic rings. The molecule has 8 bridgehead atoms. The molecule has 3 aromatic heterocycles. The molecule has 0 spiro atoms. The van der Waals surface area contributed by atoms with Crippen LogP contribution in [0.3, 0.4) is 0 Å². The number of benzene rings is 3. The molecule has 6 aromatic rings. The fourth-order valence-corrected chi connectivity index (χ4v) is 6.51. The zero-order chi connectivity index (χ0) is 33.3. The Bertz CT molecular complexity index is 2450. The van der Waals surface area contributed by atoms with Crippen LogP contribution in [0.1, 0.15) is 28.3 Å². The Labute approximate surface area is 284 Å². The number of hydrogen-bond acceptors (Lipinski definition) is 4. The van der Waals surface area contributed by atoms with Crippen LogP contribution in [0.2, 0.25) is 0 Å². The summed E-state index contributed by atoms with van der Waals surface area (Å²) in [5.74, 6) is 1.58. The lowest BCUT2D eigenvalue weighted by Gasteiger charge is -2.07. The van der Waals surface area contributed by atoms with Crippen LogP contribution in [-0.2, 0) is 0 Å². The second-order valence-electron chi connectivity index (χ2n) is 11.7. The molecule has 236 valence electrons. The van der Waals surface area contributed by atoms with Crippen LogP contribution < -0.4 is 9.47 Å².